The maximum absolute atomic E-state index is 12.1. The number of Topliss-reactive ketones (excluding diaryl/α,β-unsaturated/α-hetero) is 2. The third-order valence-electron chi connectivity index (χ3n) is 4.52. The number of carbonyl (C=O) groups excluding carboxylic acids is 2. The minimum Gasteiger partial charge on any atom is -0.300 e. The van der Waals surface area contributed by atoms with Crippen molar-refractivity contribution in [2.24, 2.45) is 11.8 Å². The van der Waals surface area contributed by atoms with Gasteiger partial charge in [-0.1, -0.05) is 31.9 Å². The fourth-order valence-corrected chi connectivity index (χ4v) is 3.23. The van der Waals surface area contributed by atoms with Crippen molar-refractivity contribution >= 4 is 11.6 Å². The Hall–Kier alpha value is -1.18. The molecule has 19 heavy (non-hydrogen) atoms. The van der Waals surface area contributed by atoms with Crippen molar-refractivity contribution in [1.82, 2.24) is 0 Å². The number of allylic oxidation sites excluding steroid dienone is 4. The highest BCUT2D eigenvalue weighted by Crippen LogP contribution is 2.38. The molecule has 0 radical (unpaired) electrons. The van der Waals surface area contributed by atoms with Crippen LogP contribution in [-0.4, -0.2) is 11.6 Å². The average Bonchev–Trinajstić information content (AvgIpc) is 2.59. The molecular formula is C17H24O2. The molecule has 0 heterocycles. The lowest BCUT2D eigenvalue weighted by Crippen LogP contribution is -2.16. The monoisotopic (exact) mass is 260 g/mol. The highest BCUT2D eigenvalue weighted by molar-refractivity contribution is 6.00. The van der Waals surface area contributed by atoms with E-state index in [9.17, 15) is 9.59 Å². The van der Waals surface area contributed by atoms with Gasteiger partial charge in [-0.05, 0) is 42.7 Å². The lowest BCUT2D eigenvalue weighted by atomic mass is 9.82. The van der Waals surface area contributed by atoms with Gasteiger partial charge < -0.3 is 0 Å². The topological polar surface area (TPSA) is 34.1 Å². The van der Waals surface area contributed by atoms with Crippen molar-refractivity contribution in [1.29, 1.82) is 0 Å². The number of hydrogen-bond acceptors (Lipinski definition) is 2. The van der Waals surface area contributed by atoms with Crippen LogP contribution in [0.2, 0.25) is 0 Å². The van der Waals surface area contributed by atoms with E-state index in [1.54, 1.807) is 0 Å². The Morgan fingerprint density at radius 1 is 1.21 bits per heavy atom. The molecule has 0 amide bonds. The Labute approximate surface area is 116 Å². The molecule has 2 aliphatic rings. The zero-order chi connectivity index (χ0) is 14.0. The number of ketones is 2. The van der Waals surface area contributed by atoms with Crippen LogP contribution < -0.4 is 0 Å². The van der Waals surface area contributed by atoms with Gasteiger partial charge in [0.05, 0.1) is 0 Å². The Morgan fingerprint density at radius 3 is 2.63 bits per heavy atom. The molecule has 2 heteroatoms. The molecule has 2 aliphatic carbocycles. The van der Waals surface area contributed by atoms with Gasteiger partial charge in [0.1, 0.15) is 5.78 Å². The van der Waals surface area contributed by atoms with Gasteiger partial charge >= 0.3 is 0 Å². The molecular weight excluding hydrogens is 236 g/mol. The van der Waals surface area contributed by atoms with Crippen LogP contribution in [0.5, 0.6) is 0 Å². The largest absolute Gasteiger partial charge is 0.300 e. The third-order valence-corrected chi connectivity index (χ3v) is 4.52. The van der Waals surface area contributed by atoms with E-state index in [1.165, 1.54) is 12.0 Å². The first kappa shape index (κ1) is 14.2. The summed E-state index contributed by atoms with van der Waals surface area (Å²) in [5.41, 5.74) is 3.40. The fourth-order valence-electron chi connectivity index (χ4n) is 3.23. The summed E-state index contributed by atoms with van der Waals surface area (Å²) in [7, 11) is 0. The molecule has 0 aromatic heterocycles. The van der Waals surface area contributed by atoms with Crippen LogP contribution in [-0.2, 0) is 9.59 Å². The van der Waals surface area contributed by atoms with Gasteiger partial charge in [-0.25, -0.2) is 0 Å². The normalized spacial score (nSPS) is 30.8. The molecule has 0 fully saturated rings. The van der Waals surface area contributed by atoms with Gasteiger partial charge in [-0.2, -0.15) is 0 Å². The molecule has 2 nitrogen and oxygen atoms in total. The quantitative estimate of drug-likeness (QED) is 0.768. The Balaban J connectivity index is 2.36. The SMILES string of the molecule is CCCC/C1=C/C2=C(C)C(=O)C[C@H]2CC(=O)C[C@H]1C. The molecule has 0 N–H and O–H groups in total. The predicted molar refractivity (Wildman–Crippen MR) is 76.8 cm³/mol. The summed E-state index contributed by atoms with van der Waals surface area (Å²) in [6, 6.07) is 0. The first-order valence-electron chi connectivity index (χ1n) is 7.49. The molecule has 0 bridgehead atoms. The summed E-state index contributed by atoms with van der Waals surface area (Å²) in [6.45, 7) is 6.25. The van der Waals surface area contributed by atoms with E-state index in [-0.39, 0.29) is 11.7 Å². The van der Waals surface area contributed by atoms with Gasteiger partial charge in [-0.15, -0.1) is 0 Å². The molecule has 0 aromatic carbocycles. The van der Waals surface area contributed by atoms with Gasteiger partial charge in [0.15, 0.2) is 5.78 Å². The second-order valence-electron chi connectivity index (χ2n) is 6.08. The lowest BCUT2D eigenvalue weighted by molar-refractivity contribution is -0.120. The summed E-state index contributed by atoms with van der Waals surface area (Å²) in [4.78, 5) is 23.9. The Bertz CT molecular complexity index is 454. The minimum absolute atomic E-state index is 0.157. The second-order valence-corrected chi connectivity index (χ2v) is 6.08. The smallest absolute Gasteiger partial charge is 0.159 e. The number of rotatable bonds is 3. The van der Waals surface area contributed by atoms with E-state index < -0.39 is 0 Å². The third kappa shape index (κ3) is 3.05. The van der Waals surface area contributed by atoms with Crippen molar-refractivity contribution in [3.8, 4) is 0 Å². The average molecular weight is 260 g/mol. The predicted octanol–water partition coefficient (Wildman–Crippen LogP) is 4.01. The van der Waals surface area contributed by atoms with Crippen molar-refractivity contribution in [2.45, 2.75) is 59.3 Å². The summed E-state index contributed by atoms with van der Waals surface area (Å²) in [5.74, 6) is 1.04. The fraction of sp³-hybridized carbons (Fsp3) is 0.647. The van der Waals surface area contributed by atoms with E-state index in [2.05, 4.69) is 19.9 Å². The van der Waals surface area contributed by atoms with E-state index >= 15 is 0 Å². The van der Waals surface area contributed by atoms with Crippen LogP contribution in [0, 0.1) is 11.8 Å². The van der Waals surface area contributed by atoms with Crippen molar-refractivity contribution in [3.05, 3.63) is 22.8 Å². The zero-order valence-corrected chi connectivity index (χ0v) is 12.3. The van der Waals surface area contributed by atoms with Crippen LogP contribution in [0.3, 0.4) is 0 Å². The highest BCUT2D eigenvalue weighted by Gasteiger charge is 2.32. The number of carbonyl (C=O) groups is 2. The van der Waals surface area contributed by atoms with Crippen molar-refractivity contribution in [2.75, 3.05) is 0 Å². The van der Waals surface area contributed by atoms with Crippen molar-refractivity contribution in [3.63, 3.8) is 0 Å². The Morgan fingerprint density at radius 2 is 1.95 bits per heavy atom. The summed E-state index contributed by atoms with van der Waals surface area (Å²) in [6.07, 6.45) is 7.37. The van der Waals surface area contributed by atoms with E-state index in [4.69, 9.17) is 0 Å². The number of fused-ring (bicyclic) bond motifs is 1. The molecule has 0 spiro atoms. The maximum atomic E-state index is 12.1. The summed E-state index contributed by atoms with van der Waals surface area (Å²) < 4.78 is 0. The van der Waals surface area contributed by atoms with Crippen molar-refractivity contribution < 1.29 is 9.59 Å². The molecule has 0 saturated carbocycles. The first-order valence-corrected chi connectivity index (χ1v) is 7.49. The van der Waals surface area contributed by atoms with Crippen LogP contribution in [0.15, 0.2) is 22.8 Å². The van der Waals surface area contributed by atoms with Crippen LogP contribution in [0.1, 0.15) is 59.3 Å². The Kier molecular flexibility index (Phi) is 4.38. The van der Waals surface area contributed by atoms with Crippen LogP contribution >= 0.6 is 0 Å². The zero-order valence-electron chi connectivity index (χ0n) is 12.3. The van der Waals surface area contributed by atoms with E-state index in [0.717, 1.165) is 24.0 Å². The first-order chi connectivity index (χ1) is 9.02. The van der Waals surface area contributed by atoms with Crippen LogP contribution in [0.4, 0.5) is 0 Å². The highest BCUT2D eigenvalue weighted by atomic mass is 16.1. The standard InChI is InChI=1S/C17H24O2/c1-4-5-6-13-9-16-12(3)17(19)10-14(16)8-15(18)7-11(13)2/h9,11,14H,4-8,10H2,1-3H3/b13-9-/t11-,14-/m1/s1. The molecule has 2 rings (SSSR count). The van der Waals surface area contributed by atoms with Gasteiger partial charge in [0, 0.05) is 19.3 Å². The molecule has 104 valence electrons. The number of unbranched alkanes of at least 4 members (excludes halogenated alkanes) is 1. The molecule has 0 aromatic rings. The molecule has 0 unspecified atom stereocenters. The minimum atomic E-state index is 0.157. The van der Waals surface area contributed by atoms with E-state index in [1.807, 2.05) is 6.92 Å². The van der Waals surface area contributed by atoms with Crippen LogP contribution in [0.25, 0.3) is 0 Å². The molecule has 0 saturated heterocycles. The van der Waals surface area contributed by atoms with E-state index in [0.29, 0.717) is 31.0 Å². The summed E-state index contributed by atoms with van der Waals surface area (Å²) >= 11 is 0. The van der Waals surface area contributed by atoms with Gasteiger partial charge in [0.25, 0.3) is 0 Å². The number of hydrogen-bond donors (Lipinski definition) is 0. The van der Waals surface area contributed by atoms with Gasteiger partial charge in [-0.3, -0.25) is 9.59 Å². The molecule has 0 aliphatic heterocycles. The summed E-state index contributed by atoms with van der Waals surface area (Å²) in [5, 5.41) is 0. The van der Waals surface area contributed by atoms with Gasteiger partial charge in [0.2, 0.25) is 0 Å². The maximum Gasteiger partial charge on any atom is 0.159 e. The lowest BCUT2D eigenvalue weighted by Gasteiger charge is -2.22. The second kappa shape index (κ2) is 5.85. The molecule has 2 atom stereocenters.